The van der Waals surface area contributed by atoms with Crippen molar-refractivity contribution in [2.24, 2.45) is 11.8 Å². The molecule has 0 saturated carbocycles. The van der Waals surface area contributed by atoms with Crippen LogP contribution in [0.5, 0.6) is 0 Å². The van der Waals surface area contributed by atoms with Crippen molar-refractivity contribution in [3.05, 3.63) is 12.2 Å². The maximum atomic E-state index is 12.4. The van der Waals surface area contributed by atoms with E-state index in [0.29, 0.717) is 0 Å². The summed E-state index contributed by atoms with van der Waals surface area (Å²) in [7, 11) is 0. The van der Waals surface area contributed by atoms with Gasteiger partial charge in [0, 0.05) is 5.92 Å². The Bertz CT molecular complexity index is 275. The van der Waals surface area contributed by atoms with Crippen LogP contribution >= 0.6 is 0 Å². The second-order valence-electron chi connectivity index (χ2n) is 4.57. The van der Waals surface area contributed by atoms with E-state index in [1.165, 1.54) is 12.2 Å². The molecule has 0 spiro atoms. The quantitative estimate of drug-likeness (QED) is 0.607. The van der Waals surface area contributed by atoms with Gasteiger partial charge >= 0.3 is 12.4 Å². The van der Waals surface area contributed by atoms with Crippen molar-refractivity contribution in [1.29, 1.82) is 0 Å². The summed E-state index contributed by atoms with van der Waals surface area (Å²) in [5.41, 5.74) is -4.68. The summed E-state index contributed by atoms with van der Waals surface area (Å²) < 4.78 is 74.7. The summed E-state index contributed by atoms with van der Waals surface area (Å²) in [6, 6.07) is 0. The molecule has 18 heavy (non-hydrogen) atoms. The molecule has 0 aliphatic carbocycles. The number of hydrogen-bond acceptors (Lipinski definition) is 1. The number of rotatable bonds is 4. The lowest BCUT2D eigenvalue weighted by Gasteiger charge is -2.36. The maximum absolute atomic E-state index is 12.4. The molecule has 0 fully saturated rings. The zero-order valence-corrected chi connectivity index (χ0v) is 10.2. The van der Waals surface area contributed by atoms with E-state index in [4.69, 9.17) is 5.11 Å². The third kappa shape index (κ3) is 3.63. The van der Waals surface area contributed by atoms with Crippen LogP contribution in [0.1, 0.15) is 27.2 Å². The van der Waals surface area contributed by atoms with Crippen LogP contribution in [0.15, 0.2) is 12.2 Å². The van der Waals surface area contributed by atoms with Gasteiger partial charge in [0.1, 0.15) is 0 Å². The highest BCUT2D eigenvalue weighted by molar-refractivity contribution is 5.00. The summed E-state index contributed by atoms with van der Waals surface area (Å²) in [5.74, 6) is -1.99. The lowest BCUT2D eigenvalue weighted by atomic mass is 9.84. The summed E-state index contributed by atoms with van der Waals surface area (Å²) in [5, 5.41) is 9.03. The minimum atomic E-state index is -5.75. The van der Waals surface area contributed by atoms with E-state index in [0.717, 1.165) is 6.92 Å². The molecule has 0 rings (SSSR count). The van der Waals surface area contributed by atoms with Gasteiger partial charge in [-0.3, -0.25) is 0 Å². The largest absolute Gasteiger partial charge is 0.426 e. The monoisotopic (exact) mass is 278 g/mol. The molecule has 1 N–H and O–H groups in total. The van der Waals surface area contributed by atoms with E-state index in [9.17, 15) is 26.3 Å². The normalized spacial score (nSPS) is 16.6. The van der Waals surface area contributed by atoms with Crippen molar-refractivity contribution in [3.63, 3.8) is 0 Å². The van der Waals surface area contributed by atoms with Crippen molar-refractivity contribution >= 4 is 0 Å². The number of hydrogen-bond donors (Lipinski definition) is 1. The van der Waals surface area contributed by atoms with Gasteiger partial charge in [-0.25, -0.2) is 0 Å². The minimum Gasteiger partial charge on any atom is -0.373 e. The summed E-state index contributed by atoms with van der Waals surface area (Å²) in [6.07, 6.45) is -9.30. The van der Waals surface area contributed by atoms with Crippen LogP contribution in [-0.4, -0.2) is 23.1 Å². The van der Waals surface area contributed by atoms with Crippen molar-refractivity contribution in [2.45, 2.75) is 45.1 Å². The Hall–Kier alpha value is -0.720. The van der Waals surface area contributed by atoms with Gasteiger partial charge < -0.3 is 5.11 Å². The molecule has 1 nitrogen and oxygen atoms in total. The topological polar surface area (TPSA) is 20.2 Å². The summed E-state index contributed by atoms with van der Waals surface area (Å²) >= 11 is 0. The van der Waals surface area contributed by atoms with E-state index in [-0.39, 0.29) is 5.92 Å². The Labute approximate surface area is 101 Å². The molecule has 0 aromatic rings. The average Bonchev–Trinajstić information content (AvgIpc) is 2.11. The molecular weight excluding hydrogens is 262 g/mol. The first-order valence-electron chi connectivity index (χ1n) is 5.36. The lowest BCUT2D eigenvalue weighted by molar-refractivity contribution is -0.383. The van der Waals surface area contributed by atoms with Crippen LogP contribution in [-0.2, 0) is 0 Å². The minimum absolute atomic E-state index is 0.0158. The van der Waals surface area contributed by atoms with Gasteiger partial charge in [0.2, 0.25) is 0 Å². The van der Waals surface area contributed by atoms with Gasteiger partial charge in [-0.05, 0) is 12.3 Å². The fourth-order valence-electron chi connectivity index (χ4n) is 1.44. The van der Waals surface area contributed by atoms with Crippen LogP contribution in [0.3, 0.4) is 0 Å². The van der Waals surface area contributed by atoms with Crippen LogP contribution in [0, 0.1) is 11.8 Å². The molecule has 108 valence electrons. The molecule has 0 aliphatic heterocycles. The van der Waals surface area contributed by atoms with Gasteiger partial charge in [-0.1, -0.05) is 32.9 Å². The summed E-state index contributed by atoms with van der Waals surface area (Å²) in [4.78, 5) is 0. The first-order chi connectivity index (χ1) is 7.84. The zero-order chi connectivity index (χ0) is 14.8. The number of allylic oxidation sites excluding steroid dienone is 2. The third-order valence-electron chi connectivity index (χ3n) is 2.59. The Morgan fingerprint density at radius 2 is 1.33 bits per heavy atom. The van der Waals surface area contributed by atoms with Gasteiger partial charge in [-0.2, -0.15) is 26.3 Å². The Morgan fingerprint density at radius 3 is 1.61 bits per heavy atom. The summed E-state index contributed by atoms with van der Waals surface area (Å²) in [6.45, 7) is 4.20. The highest BCUT2D eigenvalue weighted by Crippen LogP contribution is 2.48. The highest BCUT2D eigenvalue weighted by atomic mass is 19.4. The second kappa shape index (κ2) is 5.50. The SMILES string of the molecule is CC(C)/C=C/C[C@H](C)C(O)(C(F)(F)F)C(F)(F)F. The van der Waals surface area contributed by atoms with E-state index in [1.807, 2.05) is 0 Å². The number of alkyl halides is 6. The molecule has 1 atom stereocenters. The van der Waals surface area contributed by atoms with Gasteiger partial charge in [0.25, 0.3) is 5.60 Å². The molecular formula is C11H16F6O. The van der Waals surface area contributed by atoms with Crippen LogP contribution in [0.2, 0.25) is 0 Å². The number of halogens is 6. The van der Waals surface area contributed by atoms with Crippen molar-refractivity contribution in [2.75, 3.05) is 0 Å². The molecule has 0 unspecified atom stereocenters. The van der Waals surface area contributed by atoms with E-state index in [1.54, 1.807) is 13.8 Å². The molecule has 0 aromatic carbocycles. The van der Waals surface area contributed by atoms with Crippen molar-refractivity contribution in [1.82, 2.24) is 0 Å². The molecule has 0 amide bonds. The predicted molar refractivity (Wildman–Crippen MR) is 54.8 cm³/mol. The van der Waals surface area contributed by atoms with Crippen molar-refractivity contribution in [3.8, 4) is 0 Å². The van der Waals surface area contributed by atoms with Crippen molar-refractivity contribution < 1.29 is 31.4 Å². The first-order valence-corrected chi connectivity index (χ1v) is 5.36. The molecule has 7 heteroatoms. The van der Waals surface area contributed by atoms with Crippen LogP contribution in [0.4, 0.5) is 26.3 Å². The fraction of sp³-hybridized carbons (Fsp3) is 0.818. The maximum Gasteiger partial charge on any atom is 0.426 e. The Balaban J connectivity index is 5.13. The first kappa shape index (κ1) is 17.3. The lowest BCUT2D eigenvalue weighted by Crippen LogP contribution is -2.60. The zero-order valence-electron chi connectivity index (χ0n) is 10.2. The van der Waals surface area contributed by atoms with Gasteiger partial charge in [0.15, 0.2) is 0 Å². The Kier molecular flexibility index (Phi) is 5.28. The van der Waals surface area contributed by atoms with E-state index < -0.39 is 30.3 Å². The Morgan fingerprint density at radius 1 is 0.944 bits per heavy atom. The van der Waals surface area contributed by atoms with E-state index in [2.05, 4.69) is 0 Å². The molecule has 0 aliphatic rings. The molecule has 0 bridgehead atoms. The second-order valence-corrected chi connectivity index (χ2v) is 4.57. The third-order valence-corrected chi connectivity index (χ3v) is 2.59. The molecule has 0 saturated heterocycles. The highest BCUT2D eigenvalue weighted by Gasteiger charge is 2.72. The molecule has 0 heterocycles. The average molecular weight is 278 g/mol. The van der Waals surface area contributed by atoms with Crippen LogP contribution < -0.4 is 0 Å². The fourth-order valence-corrected chi connectivity index (χ4v) is 1.44. The smallest absolute Gasteiger partial charge is 0.373 e. The number of aliphatic hydroxyl groups is 1. The molecule has 0 radical (unpaired) electrons. The van der Waals surface area contributed by atoms with Crippen LogP contribution in [0.25, 0.3) is 0 Å². The predicted octanol–water partition coefficient (Wildman–Crippen LogP) is 4.08. The van der Waals surface area contributed by atoms with Gasteiger partial charge in [-0.15, -0.1) is 0 Å². The standard InChI is InChI=1S/C11H16F6O/c1-7(2)5-4-6-8(3)9(18,10(12,13)14)11(15,16)17/h4-5,7-8,18H,6H2,1-3H3/b5-4+/t8-/m0/s1. The molecule has 0 aromatic heterocycles. The van der Waals surface area contributed by atoms with E-state index >= 15 is 0 Å². The van der Waals surface area contributed by atoms with Gasteiger partial charge in [0.05, 0.1) is 0 Å².